The first kappa shape index (κ1) is 28.4. The van der Waals surface area contributed by atoms with E-state index in [4.69, 9.17) is 4.74 Å². The Balaban J connectivity index is 1.65. The fourth-order valence-electron chi connectivity index (χ4n) is 4.26. The second kappa shape index (κ2) is 11.1. The lowest BCUT2D eigenvalue weighted by atomic mass is 10.0. The van der Waals surface area contributed by atoms with Crippen LogP contribution in [-0.2, 0) is 9.53 Å². The van der Waals surface area contributed by atoms with Gasteiger partial charge in [-0.2, -0.15) is 0 Å². The first-order valence-electron chi connectivity index (χ1n) is 12.2. The molecule has 0 bridgehead atoms. The van der Waals surface area contributed by atoms with Crippen molar-refractivity contribution < 1.29 is 23.5 Å². The maximum Gasteiger partial charge on any atom is 0.411 e. The van der Waals surface area contributed by atoms with Crippen LogP contribution >= 0.6 is 22.6 Å². The van der Waals surface area contributed by atoms with E-state index in [0.717, 1.165) is 0 Å². The van der Waals surface area contributed by atoms with Crippen LogP contribution in [-0.4, -0.2) is 101 Å². The second-order valence-electron chi connectivity index (χ2n) is 11.2. The number of nitrogens with zero attached hydrogens (tertiary/aromatic N) is 4. The van der Waals surface area contributed by atoms with E-state index in [1.807, 2.05) is 43.4 Å². The molecule has 11 heteroatoms. The van der Waals surface area contributed by atoms with Crippen molar-refractivity contribution in [1.82, 2.24) is 19.6 Å². The fraction of sp³-hybridized carbons (Fsp3) is 0.640. The van der Waals surface area contributed by atoms with Crippen molar-refractivity contribution in [1.29, 1.82) is 0 Å². The Kier molecular flexibility index (Phi) is 8.74. The summed E-state index contributed by atoms with van der Waals surface area (Å²) in [5.41, 5.74) is -0.427. The number of rotatable bonds is 2. The number of anilines is 1. The van der Waals surface area contributed by atoms with E-state index in [2.05, 4.69) is 31.0 Å². The van der Waals surface area contributed by atoms with Crippen LogP contribution in [0.3, 0.4) is 0 Å². The zero-order valence-electron chi connectivity index (χ0n) is 21.9. The molecule has 0 spiro atoms. The molecule has 2 aliphatic rings. The van der Waals surface area contributed by atoms with E-state index >= 15 is 0 Å². The molecule has 4 amide bonds. The number of halogens is 2. The van der Waals surface area contributed by atoms with Crippen molar-refractivity contribution >= 4 is 46.3 Å². The van der Waals surface area contributed by atoms with Crippen LogP contribution in [0.15, 0.2) is 18.2 Å². The Morgan fingerprint density at radius 1 is 0.972 bits per heavy atom. The van der Waals surface area contributed by atoms with E-state index in [9.17, 15) is 18.8 Å². The Bertz CT molecular complexity index is 986. The van der Waals surface area contributed by atoms with Crippen LogP contribution in [0.4, 0.5) is 19.7 Å². The number of carbonyl (C=O) groups excluding carboxylic acids is 3. The van der Waals surface area contributed by atoms with Crippen LogP contribution in [0.25, 0.3) is 0 Å². The molecule has 9 nitrogen and oxygen atoms in total. The molecule has 2 aliphatic heterocycles. The highest BCUT2D eigenvalue weighted by molar-refractivity contribution is 14.1. The minimum atomic E-state index is -0.664. The van der Waals surface area contributed by atoms with Crippen LogP contribution in [0.1, 0.15) is 41.5 Å². The lowest BCUT2D eigenvalue weighted by molar-refractivity contribution is -0.141. The Hall–Kier alpha value is -2.15. The number of amides is 4. The normalized spacial score (nSPS) is 19.8. The summed E-state index contributed by atoms with van der Waals surface area (Å²) in [6, 6.07) is 3.54. The second-order valence-corrected chi connectivity index (χ2v) is 12.3. The lowest BCUT2D eigenvalue weighted by Crippen LogP contribution is -2.65. The Morgan fingerprint density at radius 3 is 2.14 bits per heavy atom. The van der Waals surface area contributed by atoms with Gasteiger partial charge in [0.05, 0.1) is 0 Å². The largest absolute Gasteiger partial charge is 0.444 e. The number of urea groups is 1. The molecule has 200 valence electrons. The molecule has 1 N–H and O–H groups in total. The summed E-state index contributed by atoms with van der Waals surface area (Å²) < 4.78 is 19.9. The summed E-state index contributed by atoms with van der Waals surface area (Å²) >= 11 is 1.89. The summed E-state index contributed by atoms with van der Waals surface area (Å²) in [5.74, 6) is -0.537. The van der Waals surface area contributed by atoms with Gasteiger partial charge in [0, 0.05) is 60.6 Å². The highest BCUT2D eigenvalue weighted by atomic mass is 127. The predicted molar refractivity (Wildman–Crippen MR) is 144 cm³/mol. The minimum absolute atomic E-state index is 0.144. The van der Waals surface area contributed by atoms with Crippen LogP contribution in [0, 0.1) is 9.39 Å². The van der Waals surface area contributed by atoms with Crippen LogP contribution in [0.5, 0.6) is 0 Å². The molecule has 1 aromatic rings. The summed E-state index contributed by atoms with van der Waals surface area (Å²) in [5, 5.41) is 2.72. The number of hydrogen-bond donors (Lipinski definition) is 1. The standard InChI is InChI=1S/C25H37FIN5O4/c1-24(2,3)31-13-14-32(23(35)36-25(4,5)6)20(16-31)21(33)29-9-11-30(12-10-29)22(34)28-17-7-8-19(27)18(26)15-17/h7-8,15,20H,9-14,16H2,1-6H3,(H,28,34)/t20-/m1/s1. The maximum atomic E-state index is 13.8. The third kappa shape index (κ3) is 7.21. The van der Waals surface area contributed by atoms with Crippen LogP contribution < -0.4 is 5.32 Å². The molecular weight excluding hydrogens is 580 g/mol. The molecule has 0 saturated carbocycles. The van der Waals surface area contributed by atoms with Gasteiger partial charge in [-0.1, -0.05) is 0 Å². The van der Waals surface area contributed by atoms with E-state index in [-0.39, 0.29) is 17.5 Å². The molecule has 1 atom stereocenters. The third-order valence-electron chi connectivity index (χ3n) is 6.29. The number of ether oxygens (including phenoxy) is 1. The number of hydrogen-bond acceptors (Lipinski definition) is 5. The van der Waals surface area contributed by atoms with Gasteiger partial charge in [0.2, 0.25) is 5.91 Å². The summed E-state index contributed by atoms with van der Waals surface area (Å²) in [4.78, 5) is 46.3. The van der Waals surface area contributed by atoms with Crippen molar-refractivity contribution in [2.75, 3.05) is 51.1 Å². The van der Waals surface area contributed by atoms with Gasteiger partial charge in [-0.25, -0.2) is 14.0 Å². The average molecular weight is 618 g/mol. The minimum Gasteiger partial charge on any atom is -0.444 e. The molecule has 2 saturated heterocycles. The summed E-state index contributed by atoms with van der Waals surface area (Å²) in [7, 11) is 0. The average Bonchev–Trinajstić information content (AvgIpc) is 2.79. The van der Waals surface area contributed by atoms with E-state index in [0.29, 0.717) is 55.1 Å². The zero-order valence-corrected chi connectivity index (χ0v) is 24.1. The number of benzene rings is 1. The molecule has 3 rings (SSSR count). The first-order chi connectivity index (χ1) is 16.7. The molecule has 0 aliphatic carbocycles. The quantitative estimate of drug-likeness (QED) is 0.511. The van der Waals surface area contributed by atoms with Crippen molar-refractivity contribution in [3.63, 3.8) is 0 Å². The summed E-state index contributed by atoms with van der Waals surface area (Å²) in [6.07, 6.45) is -0.489. The lowest BCUT2D eigenvalue weighted by Gasteiger charge is -2.47. The highest BCUT2D eigenvalue weighted by Gasteiger charge is 2.42. The topological polar surface area (TPSA) is 85.4 Å². The van der Waals surface area contributed by atoms with Gasteiger partial charge in [0.1, 0.15) is 17.5 Å². The monoisotopic (exact) mass is 617 g/mol. The highest BCUT2D eigenvalue weighted by Crippen LogP contribution is 2.23. The predicted octanol–water partition coefficient (Wildman–Crippen LogP) is 3.83. The van der Waals surface area contributed by atoms with Crippen molar-refractivity contribution in [3.05, 3.63) is 27.6 Å². The fourth-order valence-corrected chi connectivity index (χ4v) is 4.60. The molecule has 2 heterocycles. The van der Waals surface area contributed by atoms with Gasteiger partial charge in [-0.3, -0.25) is 14.6 Å². The SMILES string of the molecule is CC(C)(C)OC(=O)N1CCN(C(C)(C)C)C[C@@H]1C(=O)N1CCN(C(=O)Nc2ccc(I)c(F)c2)CC1. The van der Waals surface area contributed by atoms with Crippen LogP contribution in [0.2, 0.25) is 0 Å². The van der Waals surface area contributed by atoms with E-state index in [1.54, 1.807) is 26.8 Å². The van der Waals surface area contributed by atoms with Gasteiger partial charge in [0.25, 0.3) is 0 Å². The molecular formula is C25H37FIN5O4. The first-order valence-corrected chi connectivity index (χ1v) is 13.3. The van der Waals surface area contributed by atoms with Crippen molar-refractivity contribution in [2.24, 2.45) is 0 Å². The van der Waals surface area contributed by atoms with E-state index in [1.165, 1.54) is 6.07 Å². The number of piperazine rings is 2. The van der Waals surface area contributed by atoms with Crippen molar-refractivity contribution in [3.8, 4) is 0 Å². The molecule has 0 aromatic heterocycles. The van der Waals surface area contributed by atoms with E-state index < -0.39 is 23.6 Å². The molecule has 0 unspecified atom stereocenters. The van der Waals surface area contributed by atoms with Gasteiger partial charge >= 0.3 is 12.1 Å². The maximum absolute atomic E-state index is 13.8. The van der Waals surface area contributed by atoms with Gasteiger partial charge in [0.15, 0.2) is 0 Å². The van der Waals surface area contributed by atoms with Gasteiger partial charge in [-0.15, -0.1) is 0 Å². The molecule has 36 heavy (non-hydrogen) atoms. The Morgan fingerprint density at radius 2 is 1.58 bits per heavy atom. The molecule has 2 fully saturated rings. The van der Waals surface area contributed by atoms with Gasteiger partial charge < -0.3 is 19.9 Å². The van der Waals surface area contributed by atoms with Gasteiger partial charge in [-0.05, 0) is 82.3 Å². The van der Waals surface area contributed by atoms with Crippen molar-refractivity contribution in [2.45, 2.75) is 58.7 Å². The zero-order chi connectivity index (χ0) is 26.8. The molecule has 0 radical (unpaired) electrons. The number of nitrogens with one attached hydrogen (secondary N) is 1. The smallest absolute Gasteiger partial charge is 0.411 e. The Labute approximate surface area is 226 Å². The summed E-state index contributed by atoms with van der Waals surface area (Å²) in [6.45, 7) is 14.5. The molecule has 1 aromatic carbocycles. The third-order valence-corrected chi connectivity index (χ3v) is 7.17. The number of carbonyl (C=O) groups is 3.